The Labute approximate surface area is 144 Å². The van der Waals surface area contributed by atoms with Crippen LogP contribution in [0.5, 0.6) is 0 Å². The van der Waals surface area contributed by atoms with Crippen LogP contribution in [0.3, 0.4) is 0 Å². The Bertz CT molecular complexity index is 874. The molecule has 3 aromatic rings. The van der Waals surface area contributed by atoms with Crippen LogP contribution in [0.25, 0.3) is 17.0 Å². The number of nitrogens with one attached hydrogen (secondary N) is 1. The second kappa shape index (κ2) is 6.88. The molecule has 0 atom stereocenters. The number of aromatic nitrogens is 3. The van der Waals surface area contributed by atoms with Crippen molar-refractivity contribution in [3.8, 4) is 11.4 Å². The summed E-state index contributed by atoms with van der Waals surface area (Å²) in [4.78, 5) is 19.7. The molecule has 0 amide bonds. The summed E-state index contributed by atoms with van der Waals surface area (Å²) in [5.74, 6) is -0.0485. The van der Waals surface area contributed by atoms with Gasteiger partial charge in [-0.15, -0.1) is 0 Å². The molecular formula is C17H17ClN4O2. The largest absolute Gasteiger partial charge is 0.481 e. The van der Waals surface area contributed by atoms with Crippen molar-refractivity contribution in [2.45, 2.75) is 19.8 Å². The van der Waals surface area contributed by atoms with Crippen molar-refractivity contribution in [3.63, 3.8) is 0 Å². The van der Waals surface area contributed by atoms with Crippen molar-refractivity contribution < 1.29 is 9.90 Å². The lowest BCUT2D eigenvalue weighted by Crippen LogP contribution is -2.07. The van der Waals surface area contributed by atoms with Crippen LogP contribution in [0.1, 0.15) is 18.4 Å². The lowest BCUT2D eigenvalue weighted by Gasteiger charge is -2.08. The van der Waals surface area contributed by atoms with Crippen LogP contribution in [0, 0.1) is 6.92 Å². The molecule has 0 radical (unpaired) electrons. The predicted octanol–water partition coefficient (Wildman–Crippen LogP) is 3.63. The number of aryl methyl sites for hydroxylation is 1. The molecule has 0 unspecified atom stereocenters. The number of carboxylic acid groups (broad SMARTS) is 1. The van der Waals surface area contributed by atoms with Gasteiger partial charge in [-0.05, 0) is 37.1 Å². The van der Waals surface area contributed by atoms with Crippen LogP contribution >= 0.6 is 11.6 Å². The fourth-order valence-electron chi connectivity index (χ4n) is 2.42. The van der Waals surface area contributed by atoms with Crippen LogP contribution in [-0.2, 0) is 4.79 Å². The Kier molecular flexibility index (Phi) is 4.66. The van der Waals surface area contributed by atoms with E-state index in [2.05, 4.69) is 15.3 Å². The maximum absolute atomic E-state index is 10.7. The fraction of sp³-hybridized carbons (Fsp3) is 0.235. The summed E-state index contributed by atoms with van der Waals surface area (Å²) in [6.45, 7) is 2.50. The summed E-state index contributed by atoms with van der Waals surface area (Å²) in [5, 5.41) is 12.6. The van der Waals surface area contributed by atoms with Crippen LogP contribution in [0.4, 0.5) is 5.82 Å². The minimum atomic E-state index is -0.807. The molecule has 0 aliphatic heterocycles. The number of hydrogen-bond acceptors (Lipinski definition) is 4. The fourth-order valence-corrected chi connectivity index (χ4v) is 2.58. The van der Waals surface area contributed by atoms with Crippen molar-refractivity contribution in [2.24, 2.45) is 0 Å². The summed E-state index contributed by atoms with van der Waals surface area (Å²) in [6, 6.07) is 7.52. The molecule has 0 bridgehead atoms. The highest BCUT2D eigenvalue weighted by molar-refractivity contribution is 6.30. The van der Waals surface area contributed by atoms with E-state index in [-0.39, 0.29) is 6.42 Å². The number of rotatable bonds is 6. The smallest absolute Gasteiger partial charge is 0.303 e. The van der Waals surface area contributed by atoms with Gasteiger partial charge in [-0.2, -0.15) is 0 Å². The number of pyridine rings is 2. The summed E-state index contributed by atoms with van der Waals surface area (Å²) < 4.78 is 1.86. The van der Waals surface area contributed by atoms with E-state index in [1.165, 1.54) is 0 Å². The standard InChI is InChI=1S/C17H17ClN4O2/c1-11-4-6-13(20-9-11)16-17(19-8-2-3-15(23)24)22-10-12(18)5-7-14(22)21-16/h4-7,9-10,19H,2-3,8H2,1H3,(H,23,24). The number of carboxylic acids is 1. The highest BCUT2D eigenvalue weighted by Gasteiger charge is 2.15. The summed E-state index contributed by atoms with van der Waals surface area (Å²) >= 11 is 6.10. The highest BCUT2D eigenvalue weighted by Crippen LogP contribution is 2.28. The van der Waals surface area contributed by atoms with Crippen LogP contribution in [0.2, 0.25) is 5.02 Å². The quantitative estimate of drug-likeness (QED) is 0.667. The Morgan fingerprint density at radius 1 is 1.33 bits per heavy atom. The molecule has 2 N–H and O–H groups in total. The first-order chi connectivity index (χ1) is 11.5. The maximum atomic E-state index is 10.7. The SMILES string of the molecule is Cc1ccc(-c2nc3ccc(Cl)cn3c2NCCCC(=O)O)nc1. The average molecular weight is 345 g/mol. The van der Waals surface area contributed by atoms with Gasteiger partial charge in [0.2, 0.25) is 0 Å². The van der Waals surface area contributed by atoms with Gasteiger partial charge in [0.1, 0.15) is 17.2 Å². The van der Waals surface area contributed by atoms with Gasteiger partial charge in [0.25, 0.3) is 0 Å². The van der Waals surface area contributed by atoms with Crippen molar-refractivity contribution in [3.05, 3.63) is 47.2 Å². The Morgan fingerprint density at radius 3 is 2.88 bits per heavy atom. The van der Waals surface area contributed by atoms with E-state index in [4.69, 9.17) is 16.7 Å². The van der Waals surface area contributed by atoms with Gasteiger partial charge in [-0.25, -0.2) is 4.98 Å². The maximum Gasteiger partial charge on any atom is 0.303 e. The third kappa shape index (κ3) is 3.49. The zero-order chi connectivity index (χ0) is 17.1. The number of anilines is 1. The molecule has 6 nitrogen and oxygen atoms in total. The highest BCUT2D eigenvalue weighted by atomic mass is 35.5. The van der Waals surface area contributed by atoms with Gasteiger partial charge >= 0.3 is 5.97 Å². The van der Waals surface area contributed by atoms with E-state index < -0.39 is 5.97 Å². The number of hydrogen-bond donors (Lipinski definition) is 2. The van der Waals surface area contributed by atoms with Crippen LogP contribution in [-0.4, -0.2) is 32.0 Å². The van der Waals surface area contributed by atoms with Crippen molar-refractivity contribution in [1.82, 2.24) is 14.4 Å². The van der Waals surface area contributed by atoms with Crippen LogP contribution < -0.4 is 5.32 Å². The lowest BCUT2D eigenvalue weighted by atomic mass is 10.2. The van der Waals surface area contributed by atoms with Gasteiger partial charge in [0.15, 0.2) is 0 Å². The first-order valence-corrected chi connectivity index (χ1v) is 7.98. The molecule has 0 aliphatic carbocycles. The second-order valence-electron chi connectivity index (χ2n) is 5.53. The molecule has 124 valence electrons. The molecular weight excluding hydrogens is 328 g/mol. The minimum absolute atomic E-state index is 0.114. The normalized spacial score (nSPS) is 10.9. The topological polar surface area (TPSA) is 79.5 Å². The van der Waals surface area contributed by atoms with Crippen LogP contribution in [0.15, 0.2) is 36.7 Å². The summed E-state index contributed by atoms with van der Waals surface area (Å²) in [6.07, 6.45) is 4.20. The van der Waals surface area contributed by atoms with Gasteiger partial charge in [0.05, 0.1) is 10.7 Å². The zero-order valence-corrected chi connectivity index (χ0v) is 13.9. The Balaban J connectivity index is 1.98. The van der Waals surface area contributed by atoms with Crippen molar-refractivity contribution >= 4 is 29.0 Å². The van der Waals surface area contributed by atoms with Gasteiger partial charge in [0, 0.05) is 25.4 Å². The number of nitrogens with zero attached hydrogens (tertiary/aromatic N) is 3. The van der Waals surface area contributed by atoms with E-state index in [0.29, 0.717) is 23.7 Å². The minimum Gasteiger partial charge on any atom is -0.481 e. The van der Waals surface area contributed by atoms with Gasteiger partial charge in [-0.3, -0.25) is 14.2 Å². The molecule has 7 heteroatoms. The Hall–Kier alpha value is -2.60. The third-order valence-electron chi connectivity index (χ3n) is 3.60. The van der Waals surface area contributed by atoms with Crippen molar-refractivity contribution in [1.29, 1.82) is 0 Å². The molecule has 0 aliphatic rings. The van der Waals surface area contributed by atoms with Gasteiger partial charge < -0.3 is 10.4 Å². The number of fused-ring (bicyclic) bond motifs is 1. The zero-order valence-electron chi connectivity index (χ0n) is 13.2. The monoisotopic (exact) mass is 344 g/mol. The van der Waals surface area contributed by atoms with E-state index in [0.717, 1.165) is 22.7 Å². The number of halogens is 1. The first kappa shape index (κ1) is 16.3. The summed E-state index contributed by atoms with van der Waals surface area (Å²) in [7, 11) is 0. The second-order valence-corrected chi connectivity index (χ2v) is 5.97. The number of aliphatic carboxylic acids is 1. The van der Waals surface area contributed by atoms with E-state index in [1.54, 1.807) is 18.5 Å². The first-order valence-electron chi connectivity index (χ1n) is 7.61. The van der Waals surface area contributed by atoms with Gasteiger partial charge in [-0.1, -0.05) is 17.7 Å². The molecule has 0 fully saturated rings. The molecule has 0 aromatic carbocycles. The molecule has 24 heavy (non-hydrogen) atoms. The molecule has 3 heterocycles. The van der Waals surface area contributed by atoms with Crippen molar-refractivity contribution in [2.75, 3.05) is 11.9 Å². The van der Waals surface area contributed by atoms with E-state index in [1.807, 2.05) is 29.5 Å². The molecule has 0 saturated heterocycles. The summed E-state index contributed by atoms with van der Waals surface area (Å²) in [5.41, 5.74) is 3.28. The predicted molar refractivity (Wildman–Crippen MR) is 93.5 cm³/mol. The average Bonchev–Trinajstić information content (AvgIpc) is 2.90. The number of imidazole rings is 1. The lowest BCUT2D eigenvalue weighted by molar-refractivity contribution is -0.137. The third-order valence-corrected chi connectivity index (χ3v) is 3.82. The molecule has 3 rings (SSSR count). The molecule has 0 saturated carbocycles. The Morgan fingerprint density at radius 2 is 2.17 bits per heavy atom. The molecule has 0 spiro atoms. The van der Waals surface area contributed by atoms with E-state index in [9.17, 15) is 4.79 Å². The molecule has 3 aromatic heterocycles. The van der Waals surface area contributed by atoms with E-state index >= 15 is 0 Å². The number of carbonyl (C=O) groups is 1.